The van der Waals surface area contributed by atoms with Gasteiger partial charge >= 0.3 is 0 Å². The molecule has 178 valence electrons. The fourth-order valence-electron chi connectivity index (χ4n) is 4.69. The van der Waals surface area contributed by atoms with Gasteiger partial charge in [-0.1, -0.05) is 18.6 Å². The molecule has 2 saturated heterocycles. The van der Waals surface area contributed by atoms with Gasteiger partial charge in [0.25, 0.3) is 5.91 Å². The monoisotopic (exact) mass is 471 g/mol. The molecule has 8 heteroatoms. The minimum Gasteiger partial charge on any atom is -0.376 e. The molecule has 2 atom stereocenters. The molecule has 2 aliphatic heterocycles. The van der Waals surface area contributed by atoms with Crippen molar-refractivity contribution < 1.29 is 17.9 Å². The smallest absolute Gasteiger partial charge is 0.254 e. The second kappa shape index (κ2) is 10.3. The average molecular weight is 472 g/mol. The van der Waals surface area contributed by atoms with Crippen LogP contribution in [-0.2, 0) is 21.3 Å². The van der Waals surface area contributed by atoms with Gasteiger partial charge in [-0.3, -0.25) is 9.78 Å². The number of benzene rings is 1. The molecule has 0 bridgehead atoms. The second-order valence-electron chi connectivity index (χ2n) is 9.12. The number of hydrogen-bond acceptors (Lipinski definition) is 5. The van der Waals surface area contributed by atoms with Gasteiger partial charge in [-0.2, -0.15) is 4.31 Å². The number of carbonyl (C=O) groups is 1. The highest BCUT2D eigenvalue weighted by Crippen LogP contribution is 2.27. The Labute approximate surface area is 196 Å². The van der Waals surface area contributed by atoms with Crippen molar-refractivity contribution in [3.8, 4) is 0 Å². The van der Waals surface area contributed by atoms with E-state index < -0.39 is 10.0 Å². The first-order chi connectivity index (χ1) is 15.9. The zero-order valence-electron chi connectivity index (χ0n) is 19.4. The van der Waals surface area contributed by atoms with Crippen LogP contribution in [0.5, 0.6) is 0 Å². The zero-order valence-corrected chi connectivity index (χ0v) is 20.3. The number of ether oxygens (including phenoxy) is 1. The van der Waals surface area contributed by atoms with Crippen molar-refractivity contribution in [3.05, 3.63) is 59.4 Å². The van der Waals surface area contributed by atoms with Gasteiger partial charge in [0.1, 0.15) is 0 Å². The number of sulfonamides is 1. The van der Waals surface area contributed by atoms with Crippen molar-refractivity contribution >= 4 is 15.9 Å². The third-order valence-corrected chi connectivity index (χ3v) is 8.63. The highest BCUT2D eigenvalue weighted by atomic mass is 32.2. The summed E-state index contributed by atoms with van der Waals surface area (Å²) in [6.45, 7) is 5.89. The van der Waals surface area contributed by atoms with Gasteiger partial charge in [-0.15, -0.1) is 0 Å². The molecule has 33 heavy (non-hydrogen) atoms. The van der Waals surface area contributed by atoms with Crippen LogP contribution in [0.1, 0.15) is 60.5 Å². The summed E-state index contributed by atoms with van der Waals surface area (Å²) in [6.07, 6.45) is 8.11. The Bertz CT molecular complexity index is 1070. The van der Waals surface area contributed by atoms with E-state index in [0.717, 1.165) is 43.2 Å². The van der Waals surface area contributed by atoms with E-state index in [1.54, 1.807) is 39.8 Å². The van der Waals surface area contributed by atoms with Crippen molar-refractivity contribution in [1.29, 1.82) is 0 Å². The van der Waals surface area contributed by atoms with Gasteiger partial charge in [-0.05, 0) is 68.9 Å². The van der Waals surface area contributed by atoms with E-state index in [4.69, 9.17) is 4.74 Å². The fraction of sp³-hybridized carbons (Fsp3) is 0.520. The second-order valence-corrected chi connectivity index (χ2v) is 11.0. The highest BCUT2D eigenvalue weighted by Gasteiger charge is 2.32. The lowest BCUT2D eigenvalue weighted by atomic mass is 10.1. The molecule has 0 aliphatic carbocycles. The van der Waals surface area contributed by atoms with Gasteiger partial charge < -0.3 is 9.64 Å². The molecule has 0 radical (unpaired) electrons. The summed E-state index contributed by atoms with van der Waals surface area (Å²) in [5.74, 6) is -0.185. The first kappa shape index (κ1) is 23.9. The van der Waals surface area contributed by atoms with Crippen molar-refractivity contribution in [2.24, 2.45) is 0 Å². The normalized spacial score (nSPS) is 21.8. The summed E-state index contributed by atoms with van der Waals surface area (Å²) >= 11 is 0. The first-order valence-electron chi connectivity index (χ1n) is 11.8. The van der Waals surface area contributed by atoms with E-state index in [-0.39, 0.29) is 22.9 Å². The summed E-state index contributed by atoms with van der Waals surface area (Å²) in [4.78, 5) is 19.8. The molecular formula is C25H33N3O4S. The van der Waals surface area contributed by atoms with Gasteiger partial charge in [0.15, 0.2) is 0 Å². The van der Waals surface area contributed by atoms with Crippen molar-refractivity contribution in [1.82, 2.24) is 14.2 Å². The number of aromatic nitrogens is 1. The maximum absolute atomic E-state index is 13.7. The van der Waals surface area contributed by atoms with E-state index >= 15 is 0 Å². The third-order valence-electron chi connectivity index (χ3n) is 6.62. The summed E-state index contributed by atoms with van der Waals surface area (Å²) in [5.41, 5.74) is 2.10. The molecule has 2 aromatic rings. The Morgan fingerprint density at radius 2 is 2.06 bits per heavy atom. The number of amides is 1. The lowest BCUT2D eigenvalue weighted by molar-refractivity contribution is 0.0506. The van der Waals surface area contributed by atoms with Crippen molar-refractivity contribution in [2.45, 2.75) is 69.5 Å². The topological polar surface area (TPSA) is 79.8 Å². The van der Waals surface area contributed by atoms with Crippen LogP contribution in [0.2, 0.25) is 0 Å². The average Bonchev–Trinajstić information content (AvgIpc) is 3.32. The maximum atomic E-state index is 13.7. The Hall–Kier alpha value is -2.29. The standard InChI is InChI=1S/C25H33N3O4S/c1-19-10-11-23(33(30,31)28-13-4-3-7-20(28)2)15-24(19)25(29)27(18-22-9-6-14-32-22)17-21-8-5-12-26-16-21/h5,8,10-12,15-16,20,22H,3-4,6-7,9,13-14,17-18H2,1-2H3. The minimum atomic E-state index is -3.66. The number of piperidine rings is 1. The number of hydrogen-bond donors (Lipinski definition) is 0. The predicted molar refractivity (Wildman–Crippen MR) is 126 cm³/mol. The van der Waals surface area contributed by atoms with Gasteiger partial charge in [0.05, 0.1) is 11.0 Å². The van der Waals surface area contributed by atoms with Crippen LogP contribution in [0.15, 0.2) is 47.6 Å². The number of aryl methyl sites for hydroxylation is 1. The van der Waals surface area contributed by atoms with Gasteiger partial charge in [-0.25, -0.2) is 8.42 Å². The quantitative estimate of drug-likeness (QED) is 0.614. The van der Waals surface area contributed by atoms with Gasteiger partial charge in [0.2, 0.25) is 10.0 Å². The Kier molecular flexibility index (Phi) is 7.46. The molecule has 0 N–H and O–H groups in total. The molecule has 1 aromatic carbocycles. The number of carbonyl (C=O) groups excluding carboxylic acids is 1. The first-order valence-corrected chi connectivity index (χ1v) is 13.2. The molecule has 2 unspecified atom stereocenters. The van der Waals surface area contributed by atoms with Crippen LogP contribution in [-0.4, -0.2) is 60.4 Å². The van der Waals surface area contributed by atoms with E-state index in [1.165, 1.54) is 0 Å². The molecule has 4 rings (SSSR count). The highest BCUT2D eigenvalue weighted by molar-refractivity contribution is 7.89. The van der Waals surface area contributed by atoms with E-state index in [9.17, 15) is 13.2 Å². The van der Waals surface area contributed by atoms with Crippen molar-refractivity contribution in [2.75, 3.05) is 19.7 Å². The van der Waals surface area contributed by atoms with Crippen molar-refractivity contribution in [3.63, 3.8) is 0 Å². The molecular weight excluding hydrogens is 438 g/mol. The molecule has 7 nitrogen and oxygen atoms in total. The summed E-state index contributed by atoms with van der Waals surface area (Å²) < 4.78 is 34.2. The predicted octanol–water partition coefficient (Wildman–Crippen LogP) is 3.77. The lowest BCUT2D eigenvalue weighted by Gasteiger charge is -2.32. The van der Waals surface area contributed by atoms with Crippen LogP contribution >= 0.6 is 0 Å². The minimum absolute atomic E-state index is 0.00737. The third kappa shape index (κ3) is 5.45. The largest absolute Gasteiger partial charge is 0.376 e. The number of rotatable bonds is 7. The SMILES string of the molecule is Cc1ccc(S(=O)(=O)N2CCCCC2C)cc1C(=O)N(Cc1cccnc1)CC1CCCO1. The Morgan fingerprint density at radius 1 is 1.21 bits per heavy atom. The van der Waals surface area contributed by atoms with Crippen LogP contribution in [0.3, 0.4) is 0 Å². The summed E-state index contributed by atoms with van der Waals surface area (Å²) in [7, 11) is -3.66. The fourth-order valence-corrected chi connectivity index (χ4v) is 6.42. The van der Waals surface area contributed by atoms with Crippen LogP contribution in [0.4, 0.5) is 0 Å². The molecule has 2 aliphatic rings. The van der Waals surface area contributed by atoms with Crippen LogP contribution < -0.4 is 0 Å². The van der Waals surface area contributed by atoms with Crippen LogP contribution in [0.25, 0.3) is 0 Å². The molecule has 1 aromatic heterocycles. The van der Waals surface area contributed by atoms with E-state index in [2.05, 4.69) is 4.98 Å². The van der Waals surface area contributed by atoms with Crippen LogP contribution in [0, 0.1) is 6.92 Å². The molecule has 2 fully saturated rings. The lowest BCUT2D eigenvalue weighted by Crippen LogP contribution is -2.42. The zero-order chi connectivity index (χ0) is 23.4. The molecule has 3 heterocycles. The van der Waals surface area contributed by atoms with E-state index in [1.807, 2.05) is 26.0 Å². The molecule has 0 saturated carbocycles. The molecule has 0 spiro atoms. The molecule has 1 amide bonds. The maximum Gasteiger partial charge on any atom is 0.254 e. The number of pyridine rings is 1. The summed E-state index contributed by atoms with van der Waals surface area (Å²) in [5, 5.41) is 0. The Morgan fingerprint density at radius 3 is 2.76 bits per heavy atom. The van der Waals surface area contributed by atoms with Gasteiger partial charge in [0, 0.05) is 50.2 Å². The summed E-state index contributed by atoms with van der Waals surface area (Å²) in [6, 6.07) is 8.67. The van der Waals surface area contributed by atoms with E-state index in [0.29, 0.717) is 31.8 Å². The Balaban J connectivity index is 1.64. The number of nitrogens with zero attached hydrogens (tertiary/aromatic N) is 3.